The molecule has 2 unspecified atom stereocenters. The minimum atomic E-state index is -1.90. The number of nitrogens with zero attached hydrogens (tertiary/aromatic N) is 1. The van der Waals surface area contributed by atoms with E-state index in [4.69, 9.17) is 9.16 Å². The highest BCUT2D eigenvalue weighted by molar-refractivity contribution is 9.10. The first kappa shape index (κ1) is 22.1. The average Bonchev–Trinajstić information content (AvgIpc) is 2.88. The van der Waals surface area contributed by atoms with E-state index in [2.05, 4.69) is 49.8 Å². The average molecular weight is 452 g/mol. The molecule has 4 nitrogen and oxygen atoms in total. The summed E-state index contributed by atoms with van der Waals surface area (Å²) in [6.45, 7) is 18.1. The van der Waals surface area contributed by atoms with E-state index in [1.165, 1.54) is 0 Å². The topological polar surface area (TPSA) is 38.8 Å². The van der Waals surface area contributed by atoms with Crippen LogP contribution in [-0.2, 0) is 9.16 Å². The molecule has 2 fully saturated rings. The van der Waals surface area contributed by atoms with Crippen molar-refractivity contribution in [3.05, 3.63) is 0 Å². The van der Waals surface area contributed by atoms with Crippen LogP contribution in [0.2, 0.25) is 18.1 Å². The highest BCUT2D eigenvalue weighted by Crippen LogP contribution is 2.73. The van der Waals surface area contributed by atoms with Gasteiger partial charge in [-0.15, -0.1) is 0 Å². The Bertz CT molecular complexity index is 546. The summed E-state index contributed by atoms with van der Waals surface area (Å²) in [7, 11) is -1.90. The van der Waals surface area contributed by atoms with Crippen LogP contribution in [0.3, 0.4) is 0 Å². The maximum absolute atomic E-state index is 15.2. The number of alkyl halides is 2. The Kier molecular flexibility index (Phi) is 5.73. The highest BCUT2D eigenvalue weighted by Gasteiger charge is 2.77. The summed E-state index contributed by atoms with van der Waals surface area (Å²) in [6.07, 6.45) is 0.972. The third-order valence-corrected chi connectivity index (χ3v) is 12.3. The number of carbonyl (C=O) groups is 1. The summed E-state index contributed by atoms with van der Waals surface area (Å²) in [5.41, 5.74) is -0.932. The maximum atomic E-state index is 15.2. The van der Waals surface area contributed by atoms with Crippen LogP contribution < -0.4 is 0 Å². The minimum Gasteiger partial charge on any atom is -0.444 e. The van der Waals surface area contributed by atoms with Crippen LogP contribution in [0.5, 0.6) is 0 Å². The Balaban J connectivity index is 1.95. The van der Waals surface area contributed by atoms with Crippen molar-refractivity contribution in [1.82, 2.24) is 4.90 Å². The lowest BCUT2D eigenvalue weighted by Crippen LogP contribution is -2.43. The molecule has 0 radical (unpaired) electrons. The smallest absolute Gasteiger partial charge is 0.410 e. The monoisotopic (exact) mass is 451 g/mol. The first-order valence-corrected chi connectivity index (χ1v) is 13.2. The van der Waals surface area contributed by atoms with Crippen LogP contribution in [-0.4, -0.2) is 49.2 Å². The van der Waals surface area contributed by atoms with E-state index >= 15 is 4.39 Å². The van der Waals surface area contributed by atoms with Gasteiger partial charge < -0.3 is 14.1 Å². The van der Waals surface area contributed by atoms with E-state index in [0.717, 1.165) is 0 Å². The van der Waals surface area contributed by atoms with Gasteiger partial charge in [-0.1, -0.05) is 20.8 Å². The number of hydrogen-bond acceptors (Lipinski definition) is 3. The molecule has 0 aromatic carbocycles. The van der Waals surface area contributed by atoms with Gasteiger partial charge in [-0.3, -0.25) is 0 Å². The zero-order valence-electron chi connectivity index (χ0n) is 17.5. The number of hydrogen-bond donors (Lipinski definition) is 0. The van der Waals surface area contributed by atoms with Gasteiger partial charge in [-0.25, -0.2) is 9.18 Å². The van der Waals surface area contributed by atoms with Gasteiger partial charge >= 0.3 is 6.09 Å². The Labute approximate surface area is 167 Å². The largest absolute Gasteiger partial charge is 0.444 e. The van der Waals surface area contributed by atoms with Crippen LogP contribution >= 0.6 is 15.9 Å². The van der Waals surface area contributed by atoms with E-state index in [9.17, 15) is 4.79 Å². The van der Waals surface area contributed by atoms with Gasteiger partial charge in [0.05, 0.1) is 0 Å². The molecule has 1 spiro atoms. The molecule has 0 N–H and O–H groups in total. The SMILES string of the molecule is CC(C)(C)OC(=O)N1CCC2(CC1)C(CO[Si](C)(C)C(C)(C)C)C2(F)Br. The number of piperidine rings is 1. The zero-order chi connectivity index (χ0) is 20.2. The van der Waals surface area contributed by atoms with E-state index in [1.807, 2.05) is 20.8 Å². The summed E-state index contributed by atoms with van der Waals surface area (Å²) in [5, 5.41) is 0.112. The summed E-state index contributed by atoms with van der Waals surface area (Å²) < 4.78 is 25.5. The van der Waals surface area contributed by atoms with Crippen LogP contribution in [0.1, 0.15) is 54.4 Å². The van der Waals surface area contributed by atoms with Gasteiger partial charge in [-0.05, 0) is 67.7 Å². The van der Waals surface area contributed by atoms with Gasteiger partial charge in [0, 0.05) is 31.0 Å². The lowest BCUT2D eigenvalue weighted by Gasteiger charge is -2.37. The molecule has 1 aliphatic carbocycles. The number of likely N-dealkylation sites (tertiary alicyclic amines) is 1. The first-order valence-electron chi connectivity index (χ1n) is 9.53. The number of ether oxygens (including phenoxy) is 1. The second-order valence-corrected chi connectivity index (χ2v) is 16.3. The molecule has 2 rings (SSSR count). The van der Waals surface area contributed by atoms with E-state index in [-0.39, 0.29) is 17.0 Å². The van der Waals surface area contributed by atoms with Crippen LogP contribution in [0.25, 0.3) is 0 Å². The zero-order valence-corrected chi connectivity index (χ0v) is 20.1. The quantitative estimate of drug-likeness (QED) is 0.406. The molecule has 0 aromatic heterocycles. The Morgan fingerprint density at radius 2 is 1.69 bits per heavy atom. The predicted molar refractivity (Wildman–Crippen MR) is 109 cm³/mol. The Hall–Kier alpha value is -0.143. The summed E-state index contributed by atoms with van der Waals surface area (Å²) in [5.74, 6) is -0.148. The predicted octanol–water partition coefficient (Wildman–Crippen LogP) is 5.72. The van der Waals surface area contributed by atoms with E-state index in [0.29, 0.717) is 32.5 Å². The summed E-state index contributed by atoms with van der Waals surface area (Å²) in [4.78, 5) is 13.9. The van der Waals surface area contributed by atoms with Gasteiger partial charge in [0.15, 0.2) is 12.9 Å². The Morgan fingerprint density at radius 3 is 2.12 bits per heavy atom. The first-order chi connectivity index (χ1) is 11.5. The van der Waals surface area contributed by atoms with Gasteiger partial charge in [-0.2, -0.15) is 0 Å². The molecule has 0 bridgehead atoms. The fourth-order valence-corrected chi connectivity index (χ4v) is 5.61. The number of rotatable bonds is 3. The molecule has 7 heteroatoms. The molecule has 1 heterocycles. The molecule has 152 valence electrons. The molecular weight excluding hydrogens is 417 g/mol. The maximum Gasteiger partial charge on any atom is 0.410 e. The second-order valence-electron chi connectivity index (χ2n) is 10.4. The van der Waals surface area contributed by atoms with Gasteiger partial charge in [0.25, 0.3) is 0 Å². The van der Waals surface area contributed by atoms with E-state index in [1.54, 1.807) is 4.90 Å². The molecule has 1 saturated heterocycles. The lowest BCUT2D eigenvalue weighted by molar-refractivity contribution is 0.0149. The molecule has 2 atom stereocenters. The van der Waals surface area contributed by atoms with Crippen molar-refractivity contribution in [3.8, 4) is 0 Å². The second kappa shape index (κ2) is 6.73. The molecule has 0 aromatic rings. The molecular formula is C19H35BrFNO3Si. The van der Waals surface area contributed by atoms with Crippen molar-refractivity contribution in [1.29, 1.82) is 0 Å². The van der Waals surface area contributed by atoms with Gasteiger partial charge in [0.1, 0.15) is 5.60 Å². The van der Waals surface area contributed by atoms with Gasteiger partial charge in [0.2, 0.25) is 0 Å². The van der Waals surface area contributed by atoms with Crippen molar-refractivity contribution in [2.75, 3.05) is 19.7 Å². The fraction of sp³-hybridized carbons (Fsp3) is 0.947. The summed E-state index contributed by atoms with van der Waals surface area (Å²) >= 11 is 3.33. The summed E-state index contributed by atoms with van der Waals surface area (Å²) in [6, 6.07) is 0. The normalized spacial score (nSPS) is 29.0. The van der Waals surface area contributed by atoms with Crippen LogP contribution in [0, 0.1) is 11.3 Å². The van der Waals surface area contributed by atoms with Crippen molar-refractivity contribution >= 4 is 30.3 Å². The van der Waals surface area contributed by atoms with Crippen molar-refractivity contribution in [3.63, 3.8) is 0 Å². The Morgan fingerprint density at radius 1 is 1.19 bits per heavy atom. The molecule has 1 saturated carbocycles. The van der Waals surface area contributed by atoms with Crippen LogP contribution in [0.4, 0.5) is 9.18 Å². The standard InChI is InChI=1S/C19H35BrFNO3Si/c1-16(2,3)25-15(23)22-11-9-18(10-12-22)14(19(18,20)21)13-24-26(7,8)17(4,5)6/h14H,9-13H2,1-8H3. The molecule has 2 aliphatic rings. The molecule has 1 aliphatic heterocycles. The minimum absolute atomic E-state index is 0.112. The number of carbonyl (C=O) groups excluding carboxylic acids is 1. The lowest BCUT2D eigenvalue weighted by atomic mass is 9.91. The molecule has 1 amide bonds. The van der Waals surface area contributed by atoms with Crippen molar-refractivity contribution in [2.24, 2.45) is 11.3 Å². The third kappa shape index (κ3) is 4.14. The fourth-order valence-electron chi connectivity index (χ4n) is 3.46. The molecule has 26 heavy (non-hydrogen) atoms. The van der Waals surface area contributed by atoms with Crippen molar-refractivity contribution < 1.29 is 18.3 Å². The van der Waals surface area contributed by atoms with E-state index < -0.39 is 23.9 Å². The third-order valence-electron chi connectivity index (χ3n) is 6.41. The van der Waals surface area contributed by atoms with Crippen LogP contribution in [0.15, 0.2) is 0 Å². The highest BCUT2D eigenvalue weighted by atomic mass is 79.9. The number of halogens is 2. The van der Waals surface area contributed by atoms with Crippen molar-refractivity contribution in [2.45, 2.75) is 82.7 Å². The number of amides is 1.